The number of carbonyl (C=O) groups is 3. The topological polar surface area (TPSA) is 102 Å². The Morgan fingerprint density at radius 2 is 1.14 bits per heavy atom. The van der Waals surface area contributed by atoms with Crippen LogP contribution in [-0.2, 0) is 28.6 Å². The van der Waals surface area contributed by atoms with Gasteiger partial charge in [-0.05, 0) is 38.5 Å². The second kappa shape index (κ2) is 33.0. The predicted molar refractivity (Wildman–Crippen MR) is 199 cm³/mol. The Morgan fingerprint density at radius 1 is 0.633 bits per heavy atom. The molecule has 8 nitrogen and oxygen atoms in total. The van der Waals surface area contributed by atoms with Gasteiger partial charge in [0.1, 0.15) is 12.6 Å². The van der Waals surface area contributed by atoms with Gasteiger partial charge in [0.2, 0.25) is 0 Å². The third-order valence-corrected chi connectivity index (χ3v) is 8.85. The van der Waals surface area contributed by atoms with Crippen LogP contribution in [0.15, 0.2) is 24.3 Å². The molecule has 0 heterocycles. The number of likely N-dealkylation sites (N-methyl/N-ethyl adjacent to an activating group) is 1. The second-order valence-corrected chi connectivity index (χ2v) is 14.5. The van der Waals surface area contributed by atoms with Crippen molar-refractivity contribution in [2.75, 3.05) is 41.0 Å². The maximum Gasteiger partial charge on any atom is 0.306 e. The first-order chi connectivity index (χ1) is 23.6. The van der Waals surface area contributed by atoms with Crippen LogP contribution in [-0.4, -0.2) is 75.5 Å². The van der Waals surface area contributed by atoms with Crippen molar-refractivity contribution in [3.63, 3.8) is 0 Å². The van der Waals surface area contributed by atoms with E-state index >= 15 is 0 Å². The molecule has 0 aromatic rings. The van der Waals surface area contributed by atoms with Crippen LogP contribution < -0.4 is 5.11 Å². The van der Waals surface area contributed by atoms with E-state index in [4.69, 9.17) is 14.2 Å². The molecule has 49 heavy (non-hydrogen) atoms. The van der Waals surface area contributed by atoms with Gasteiger partial charge in [0, 0.05) is 19.3 Å². The molecule has 0 N–H and O–H groups in total. The number of nitrogens with zero attached hydrogens (tertiary/aromatic N) is 1. The maximum atomic E-state index is 12.6. The number of hydrogen-bond donors (Lipinski definition) is 0. The van der Waals surface area contributed by atoms with Crippen LogP contribution in [0.3, 0.4) is 0 Å². The summed E-state index contributed by atoms with van der Waals surface area (Å²) < 4.78 is 17.0. The van der Waals surface area contributed by atoms with Crippen LogP contribution in [0.2, 0.25) is 0 Å². The van der Waals surface area contributed by atoms with Gasteiger partial charge < -0.3 is 28.6 Å². The van der Waals surface area contributed by atoms with E-state index in [-0.39, 0.29) is 49.1 Å². The van der Waals surface area contributed by atoms with E-state index in [1.165, 1.54) is 83.5 Å². The van der Waals surface area contributed by atoms with Gasteiger partial charge in [-0.1, -0.05) is 134 Å². The van der Waals surface area contributed by atoms with Crippen molar-refractivity contribution < 1.29 is 38.2 Å². The van der Waals surface area contributed by atoms with E-state index < -0.39 is 18.1 Å². The zero-order chi connectivity index (χ0) is 36.4. The molecule has 0 aliphatic rings. The number of quaternary nitrogens is 1. The summed E-state index contributed by atoms with van der Waals surface area (Å²) in [7, 11) is 5.38. The molecule has 2 unspecified atom stereocenters. The van der Waals surface area contributed by atoms with Crippen molar-refractivity contribution in [3.8, 4) is 0 Å². The highest BCUT2D eigenvalue weighted by Gasteiger charge is 2.25. The maximum absolute atomic E-state index is 12.6. The number of allylic oxidation sites excluding steroid dienone is 4. The molecule has 0 aliphatic carbocycles. The first kappa shape index (κ1) is 46.8. The van der Waals surface area contributed by atoms with E-state index in [2.05, 4.69) is 38.2 Å². The number of aliphatic carboxylic acids is 1. The van der Waals surface area contributed by atoms with Crippen LogP contribution in [0.1, 0.15) is 168 Å². The van der Waals surface area contributed by atoms with Crippen molar-refractivity contribution in [2.24, 2.45) is 0 Å². The number of carboxylic acids is 1. The van der Waals surface area contributed by atoms with Gasteiger partial charge in [0.15, 0.2) is 6.10 Å². The van der Waals surface area contributed by atoms with Gasteiger partial charge in [-0.2, -0.15) is 0 Å². The van der Waals surface area contributed by atoms with E-state index in [0.717, 1.165) is 44.9 Å². The van der Waals surface area contributed by atoms with E-state index in [9.17, 15) is 19.5 Å². The molecule has 0 spiro atoms. The number of rotatable bonds is 35. The minimum Gasteiger partial charge on any atom is -0.544 e. The van der Waals surface area contributed by atoms with Crippen molar-refractivity contribution in [3.05, 3.63) is 24.3 Å². The second-order valence-electron chi connectivity index (χ2n) is 14.5. The molecule has 0 aromatic heterocycles. The van der Waals surface area contributed by atoms with Crippen LogP contribution >= 0.6 is 0 Å². The zero-order valence-electron chi connectivity index (χ0n) is 32.4. The summed E-state index contributed by atoms with van der Waals surface area (Å²) in [6.45, 7) is 4.50. The van der Waals surface area contributed by atoms with Gasteiger partial charge in [0.25, 0.3) is 0 Å². The predicted octanol–water partition coefficient (Wildman–Crippen LogP) is 8.80. The zero-order valence-corrected chi connectivity index (χ0v) is 32.4. The Morgan fingerprint density at radius 3 is 1.67 bits per heavy atom. The van der Waals surface area contributed by atoms with Crippen molar-refractivity contribution >= 4 is 17.9 Å². The average molecular weight is 694 g/mol. The molecule has 0 saturated carbocycles. The summed E-state index contributed by atoms with van der Waals surface area (Å²) in [6.07, 6.45) is 33.6. The Bertz CT molecular complexity index is 864. The van der Waals surface area contributed by atoms with Crippen LogP contribution in [0.4, 0.5) is 0 Å². The molecule has 0 aliphatic heterocycles. The first-order valence-corrected chi connectivity index (χ1v) is 19.9. The molecule has 0 aromatic carbocycles. The fourth-order valence-electron chi connectivity index (χ4n) is 5.75. The lowest BCUT2D eigenvalue weighted by Crippen LogP contribution is -2.55. The lowest BCUT2D eigenvalue weighted by atomic mass is 10.0. The highest BCUT2D eigenvalue weighted by molar-refractivity contribution is 5.70. The Balaban J connectivity index is 4.33. The molecule has 2 atom stereocenters. The molecule has 0 radical (unpaired) electrons. The van der Waals surface area contributed by atoms with Gasteiger partial charge in [0.05, 0.1) is 40.3 Å². The average Bonchev–Trinajstić information content (AvgIpc) is 3.05. The van der Waals surface area contributed by atoms with Crippen LogP contribution in [0.25, 0.3) is 0 Å². The number of carboxylic acid groups (broad SMARTS) is 1. The number of carbonyl (C=O) groups excluding carboxylic acids is 3. The summed E-state index contributed by atoms with van der Waals surface area (Å²) >= 11 is 0. The van der Waals surface area contributed by atoms with Gasteiger partial charge in [-0.25, -0.2) is 0 Å². The smallest absolute Gasteiger partial charge is 0.306 e. The fourth-order valence-corrected chi connectivity index (χ4v) is 5.75. The van der Waals surface area contributed by atoms with Crippen molar-refractivity contribution in [1.29, 1.82) is 0 Å². The molecule has 0 rings (SSSR count). The fraction of sp³-hybridized carbons (Fsp3) is 0.829. The molecule has 0 fully saturated rings. The summed E-state index contributed by atoms with van der Waals surface area (Å²) in [5.41, 5.74) is 0. The third-order valence-electron chi connectivity index (χ3n) is 8.85. The molecular weight excluding hydrogens is 618 g/mol. The van der Waals surface area contributed by atoms with Gasteiger partial charge in [-0.3, -0.25) is 9.59 Å². The quantitative estimate of drug-likeness (QED) is 0.0283. The molecule has 0 saturated heterocycles. The monoisotopic (exact) mass is 694 g/mol. The Kier molecular flexibility index (Phi) is 31.5. The Labute approximate surface area is 301 Å². The van der Waals surface area contributed by atoms with Gasteiger partial charge >= 0.3 is 11.9 Å². The van der Waals surface area contributed by atoms with Crippen LogP contribution in [0, 0.1) is 0 Å². The van der Waals surface area contributed by atoms with E-state index in [1.807, 2.05) is 0 Å². The van der Waals surface area contributed by atoms with Crippen molar-refractivity contribution in [1.82, 2.24) is 0 Å². The molecule has 8 heteroatoms. The summed E-state index contributed by atoms with van der Waals surface area (Å²) in [5.74, 6) is -1.78. The number of ether oxygens (including phenoxy) is 3. The highest BCUT2D eigenvalue weighted by atomic mass is 16.6. The largest absolute Gasteiger partial charge is 0.544 e. The molecule has 0 amide bonds. The normalized spacial score (nSPS) is 13.2. The number of unbranched alkanes of at least 4 members (excludes halogenated alkanes) is 17. The molecular formula is C41H75NO7. The minimum absolute atomic E-state index is 0.0307. The van der Waals surface area contributed by atoms with Gasteiger partial charge in [-0.15, -0.1) is 0 Å². The molecule has 286 valence electrons. The summed E-state index contributed by atoms with van der Waals surface area (Å²) in [5, 5.41) is 11.6. The Hall–Kier alpha value is -2.19. The van der Waals surface area contributed by atoms with E-state index in [1.54, 1.807) is 21.1 Å². The minimum atomic E-state index is -1.13. The van der Waals surface area contributed by atoms with Crippen LogP contribution in [0.5, 0.6) is 0 Å². The third kappa shape index (κ3) is 31.5. The number of hydrogen-bond acceptors (Lipinski definition) is 7. The lowest BCUT2D eigenvalue weighted by molar-refractivity contribution is -0.889. The highest BCUT2D eigenvalue weighted by Crippen LogP contribution is 2.15. The summed E-state index contributed by atoms with van der Waals surface area (Å²) in [6, 6.07) is -0.727. The first-order valence-electron chi connectivity index (χ1n) is 19.9. The number of esters is 2. The molecule has 0 bridgehead atoms. The van der Waals surface area contributed by atoms with Crippen molar-refractivity contribution in [2.45, 2.75) is 180 Å². The lowest BCUT2D eigenvalue weighted by Gasteiger charge is -2.34. The SMILES string of the molecule is CC/C=C/C/C=C/CCCCC(=O)OC(COCCC(C(=O)[O-])[N+](C)(C)C)COC(=O)CCCCCCCCCCCCCCCCCC. The van der Waals surface area contributed by atoms with E-state index in [0.29, 0.717) is 12.8 Å². The summed E-state index contributed by atoms with van der Waals surface area (Å²) in [4.78, 5) is 36.6. The standard InChI is InChI=1S/C41H75NO7/c1-6-8-10-12-14-16-17-18-19-20-21-22-24-25-27-29-31-39(43)48-36-37(35-47-34-33-38(41(45)46)42(3,4)5)49-40(44)32-30-28-26-23-15-13-11-9-7-2/h9,11,15,23,37-38H,6-8,10,12-14,16-22,24-36H2,1-5H3/b11-9+,23-15+.